The predicted molar refractivity (Wildman–Crippen MR) is 50.9 cm³/mol. The van der Waals surface area contributed by atoms with Crippen LogP contribution in [0.4, 0.5) is 0 Å². The first-order chi connectivity index (χ1) is 5.16. The molecule has 2 nitrogen and oxygen atoms in total. The Bertz CT molecular complexity index is 115. The number of nitrogens with zero attached hydrogens (tertiary/aromatic N) is 1. The third-order valence-electron chi connectivity index (χ3n) is 1.55. The molecule has 0 saturated heterocycles. The van der Waals surface area contributed by atoms with Gasteiger partial charge in [-0.1, -0.05) is 11.6 Å². The van der Waals surface area contributed by atoms with E-state index in [1.807, 2.05) is 7.05 Å². The van der Waals surface area contributed by atoms with Crippen molar-refractivity contribution >= 4 is 0 Å². The maximum absolute atomic E-state index is 3.12. The Hall–Kier alpha value is -0.340. The van der Waals surface area contributed by atoms with Gasteiger partial charge in [0.05, 0.1) is 0 Å². The van der Waals surface area contributed by atoms with Crippen LogP contribution in [0.15, 0.2) is 11.6 Å². The minimum atomic E-state index is 1.06. The molecule has 0 aromatic carbocycles. The average Bonchev–Trinajstić information content (AvgIpc) is 1.97. The van der Waals surface area contributed by atoms with Crippen molar-refractivity contribution in [1.82, 2.24) is 10.2 Å². The highest BCUT2D eigenvalue weighted by Gasteiger charge is 1.92. The van der Waals surface area contributed by atoms with Crippen LogP contribution in [0.5, 0.6) is 0 Å². The Morgan fingerprint density at radius 1 is 1.45 bits per heavy atom. The van der Waals surface area contributed by atoms with E-state index in [0.29, 0.717) is 0 Å². The summed E-state index contributed by atoms with van der Waals surface area (Å²) < 4.78 is 0. The van der Waals surface area contributed by atoms with Crippen LogP contribution in [-0.4, -0.2) is 38.6 Å². The number of allylic oxidation sites excluding steroid dienone is 1. The summed E-state index contributed by atoms with van der Waals surface area (Å²) in [5, 5.41) is 3.12. The van der Waals surface area contributed by atoms with Crippen LogP contribution in [0.3, 0.4) is 0 Å². The van der Waals surface area contributed by atoms with Crippen LogP contribution >= 0.6 is 0 Å². The SMILES string of the molecule is CNCCN(C)CC=C(C)C. The zero-order valence-electron chi connectivity index (χ0n) is 8.15. The summed E-state index contributed by atoms with van der Waals surface area (Å²) in [7, 11) is 4.12. The number of rotatable bonds is 5. The van der Waals surface area contributed by atoms with Crippen molar-refractivity contribution in [1.29, 1.82) is 0 Å². The number of hydrogen-bond acceptors (Lipinski definition) is 2. The van der Waals surface area contributed by atoms with Gasteiger partial charge in [-0.15, -0.1) is 0 Å². The highest BCUT2D eigenvalue weighted by molar-refractivity contribution is 4.94. The Labute approximate surface area is 70.3 Å². The van der Waals surface area contributed by atoms with Crippen LogP contribution in [0.1, 0.15) is 13.8 Å². The minimum Gasteiger partial charge on any atom is -0.318 e. The average molecular weight is 156 g/mol. The van der Waals surface area contributed by atoms with Crippen molar-refractivity contribution in [2.75, 3.05) is 33.7 Å². The second-order valence-corrected chi connectivity index (χ2v) is 3.15. The molecule has 0 atom stereocenters. The van der Waals surface area contributed by atoms with Gasteiger partial charge in [0.2, 0.25) is 0 Å². The molecular formula is C9H20N2. The van der Waals surface area contributed by atoms with Crippen molar-refractivity contribution in [2.45, 2.75) is 13.8 Å². The first-order valence-corrected chi connectivity index (χ1v) is 4.13. The molecule has 0 aliphatic rings. The number of likely N-dealkylation sites (N-methyl/N-ethyl adjacent to an activating group) is 2. The Morgan fingerprint density at radius 2 is 2.09 bits per heavy atom. The van der Waals surface area contributed by atoms with Crippen LogP contribution < -0.4 is 5.32 Å². The lowest BCUT2D eigenvalue weighted by atomic mass is 10.3. The molecule has 0 aliphatic carbocycles. The van der Waals surface area contributed by atoms with Crippen LogP contribution in [-0.2, 0) is 0 Å². The van der Waals surface area contributed by atoms with Crippen molar-refractivity contribution in [2.24, 2.45) is 0 Å². The quantitative estimate of drug-likeness (QED) is 0.600. The molecule has 66 valence electrons. The molecule has 1 N–H and O–H groups in total. The van der Waals surface area contributed by atoms with E-state index in [0.717, 1.165) is 19.6 Å². The van der Waals surface area contributed by atoms with E-state index < -0.39 is 0 Å². The Morgan fingerprint density at radius 3 is 2.55 bits per heavy atom. The lowest BCUT2D eigenvalue weighted by molar-refractivity contribution is 0.370. The minimum absolute atomic E-state index is 1.06. The van der Waals surface area contributed by atoms with Crippen LogP contribution in [0.2, 0.25) is 0 Å². The van der Waals surface area contributed by atoms with Gasteiger partial charge in [-0.3, -0.25) is 0 Å². The lowest BCUT2D eigenvalue weighted by Crippen LogP contribution is -2.27. The van der Waals surface area contributed by atoms with E-state index in [-0.39, 0.29) is 0 Å². The van der Waals surface area contributed by atoms with Gasteiger partial charge in [-0.2, -0.15) is 0 Å². The van der Waals surface area contributed by atoms with Gasteiger partial charge >= 0.3 is 0 Å². The Kier molecular flexibility index (Phi) is 6.18. The van der Waals surface area contributed by atoms with E-state index in [1.165, 1.54) is 5.57 Å². The van der Waals surface area contributed by atoms with Gasteiger partial charge in [0, 0.05) is 19.6 Å². The molecule has 0 amide bonds. The number of hydrogen-bond donors (Lipinski definition) is 1. The molecule has 2 heteroatoms. The standard InChI is InChI=1S/C9H20N2/c1-9(2)5-7-11(4)8-6-10-3/h5,10H,6-8H2,1-4H3. The van der Waals surface area contributed by atoms with E-state index in [1.54, 1.807) is 0 Å². The second kappa shape index (κ2) is 6.38. The molecule has 0 bridgehead atoms. The summed E-state index contributed by atoms with van der Waals surface area (Å²) in [6.45, 7) is 7.50. The zero-order chi connectivity index (χ0) is 8.69. The molecule has 0 aliphatic heterocycles. The van der Waals surface area contributed by atoms with Gasteiger partial charge in [0.25, 0.3) is 0 Å². The highest BCUT2D eigenvalue weighted by atomic mass is 15.1. The third-order valence-corrected chi connectivity index (χ3v) is 1.55. The largest absolute Gasteiger partial charge is 0.318 e. The van der Waals surface area contributed by atoms with Crippen molar-refractivity contribution in [3.63, 3.8) is 0 Å². The Balaban J connectivity index is 3.36. The third kappa shape index (κ3) is 7.56. The van der Waals surface area contributed by atoms with Crippen molar-refractivity contribution < 1.29 is 0 Å². The van der Waals surface area contributed by atoms with E-state index in [9.17, 15) is 0 Å². The van der Waals surface area contributed by atoms with Crippen LogP contribution in [0.25, 0.3) is 0 Å². The molecule has 0 radical (unpaired) electrons. The molecule has 11 heavy (non-hydrogen) atoms. The van der Waals surface area contributed by atoms with E-state index in [4.69, 9.17) is 0 Å². The van der Waals surface area contributed by atoms with Gasteiger partial charge < -0.3 is 10.2 Å². The normalized spacial score (nSPS) is 10.3. The maximum atomic E-state index is 3.12. The fraction of sp³-hybridized carbons (Fsp3) is 0.778. The molecule has 0 unspecified atom stereocenters. The fourth-order valence-electron chi connectivity index (χ4n) is 0.732. The molecule has 0 aromatic heterocycles. The van der Waals surface area contributed by atoms with Gasteiger partial charge in [0.15, 0.2) is 0 Å². The van der Waals surface area contributed by atoms with E-state index >= 15 is 0 Å². The molecule has 0 saturated carbocycles. The highest BCUT2D eigenvalue weighted by Crippen LogP contribution is 1.89. The topological polar surface area (TPSA) is 15.3 Å². The second-order valence-electron chi connectivity index (χ2n) is 3.15. The molecule has 0 heterocycles. The fourth-order valence-corrected chi connectivity index (χ4v) is 0.732. The maximum Gasteiger partial charge on any atom is 0.0163 e. The summed E-state index contributed by atoms with van der Waals surface area (Å²) in [5.41, 5.74) is 1.39. The van der Waals surface area contributed by atoms with Crippen LogP contribution in [0, 0.1) is 0 Å². The van der Waals surface area contributed by atoms with E-state index in [2.05, 4.69) is 37.2 Å². The van der Waals surface area contributed by atoms with Crippen molar-refractivity contribution in [3.8, 4) is 0 Å². The molecule has 0 aromatic rings. The molecule has 0 fully saturated rings. The summed E-state index contributed by atoms with van der Waals surface area (Å²) in [6.07, 6.45) is 2.25. The van der Waals surface area contributed by atoms with Crippen molar-refractivity contribution in [3.05, 3.63) is 11.6 Å². The van der Waals surface area contributed by atoms with Gasteiger partial charge in [-0.25, -0.2) is 0 Å². The smallest absolute Gasteiger partial charge is 0.0163 e. The summed E-state index contributed by atoms with van der Waals surface area (Å²) >= 11 is 0. The predicted octanol–water partition coefficient (Wildman–Crippen LogP) is 1.10. The zero-order valence-corrected chi connectivity index (χ0v) is 8.15. The monoisotopic (exact) mass is 156 g/mol. The molecule has 0 rings (SSSR count). The summed E-state index contributed by atoms with van der Waals surface area (Å²) in [4.78, 5) is 2.30. The van der Waals surface area contributed by atoms with Gasteiger partial charge in [-0.05, 0) is 27.9 Å². The summed E-state index contributed by atoms with van der Waals surface area (Å²) in [6, 6.07) is 0. The molecule has 0 spiro atoms. The van der Waals surface area contributed by atoms with Gasteiger partial charge in [0.1, 0.15) is 0 Å². The molecular weight excluding hydrogens is 136 g/mol. The lowest BCUT2D eigenvalue weighted by Gasteiger charge is -2.13. The summed E-state index contributed by atoms with van der Waals surface area (Å²) in [5.74, 6) is 0. The first-order valence-electron chi connectivity index (χ1n) is 4.13. The first kappa shape index (κ1) is 10.7. The number of nitrogens with one attached hydrogen (secondary N) is 1.